The molecule has 0 radical (unpaired) electrons. The summed E-state index contributed by atoms with van der Waals surface area (Å²) in [6.45, 7) is 10.7. The highest BCUT2D eigenvalue weighted by atomic mass is 32.1. The van der Waals surface area contributed by atoms with Crippen molar-refractivity contribution < 1.29 is 14.3 Å². The SMILES string of the molecule is COc1cc2c(cc1OC(C)C)-c1c(-c3cccs3)c(C=N)c(C(=O)N(C)C(C)(C)C)n1CC2. The highest BCUT2D eigenvalue weighted by Gasteiger charge is 2.35. The molecule has 3 aromatic rings. The number of methoxy groups -OCH3 is 1. The molecule has 1 aromatic carbocycles. The number of aromatic nitrogens is 1. The van der Waals surface area contributed by atoms with Gasteiger partial charge < -0.3 is 24.4 Å². The van der Waals surface area contributed by atoms with Crippen LogP contribution in [0.3, 0.4) is 0 Å². The number of thiophene rings is 1. The highest BCUT2D eigenvalue weighted by Crippen LogP contribution is 2.47. The smallest absolute Gasteiger partial charge is 0.271 e. The first-order chi connectivity index (χ1) is 16.1. The number of benzene rings is 1. The number of hydrogen-bond donors (Lipinski definition) is 1. The second kappa shape index (κ2) is 8.95. The Morgan fingerprint density at radius 2 is 2.00 bits per heavy atom. The van der Waals surface area contributed by atoms with Gasteiger partial charge in [-0.1, -0.05) is 6.07 Å². The Morgan fingerprint density at radius 1 is 1.26 bits per heavy atom. The molecule has 0 spiro atoms. The lowest BCUT2D eigenvalue weighted by Gasteiger charge is -2.33. The maximum absolute atomic E-state index is 13.8. The molecule has 1 aliphatic heterocycles. The Balaban J connectivity index is 2.04. The first kappa shape index (κ1) is 24.1. The van der Waals surface area contributed by atoms with Crippen molar-refractivity contribution in [3.8, 4) is 33.2 Å². The molecule has 0 atom stereocenters. The van der Waals surface area contributed by atoms with E-state index in [-0.39, 0.29) is 17.6 Å². The molecule has 1 aliphatic rings. The third kappa shape index (κ3) is 4.02. The van der Waals surface area contributed by atoms with E-state index in [2.05, 4.69) is 16.7 Å². The fourth-order valence-corrected chi connectivity index (χ4v) is 5.20. The van der Waals surface area contributed by atoms with E-state index in [1.165, 1.54) is 6.21 Å². The lowest BCUT2D eigenvalue weighted by atomic mass is 9.94. The molecule has 0 fully saturated rings. The minimum atomic E-state index is -0.345. The van der Waals surface area contributed by atoms with E-state index >= 15 is 0 Å². The van der Waals surface area contributed by atoms with Gasteiger partial charge in [0.25, 0.3) is 5.91 Å². The number of fused-ring (bicyclic) bond motifs is 3. The van der Waals surface area contributed by atoms with Crippen molar-refractivity contribution in [1.29, 1.82) is 5.41 Å². The van der Waals surface area contributed by atoms with E-state index in [4.69, 9.17) is 14.9 Å². The van der Waals surface area contributed by atoms with Gasteiger partial charge in [0.15, 0.2) is 11.5 Å². The quantitative estimate of drug-likeness (QED) is 0.434. The molecular weight excluding hydrogens is 446 g/mol. The summed E-state index contributed by atoms with van der Waals surface area (Å²) in [6.07, 6.45) is 2.09. The third-order valence-corrected chi connectivity index (χ3v) is 7.23. The van der Waals surface area contributed by atoms with E-state index in [1.54, 1.807) is 23.3 Å². The molecular formula is C27H33N3O3S. The molecule has 0 saturated heterocycles. The van der Waals surface area contributed by atoms with Crippen LogP contribution in [0.25, 0.3) is 21.7 Å². The Bertz CT molecular complexity index is 1230. The van der Waals surface area contributed by atoms with Gasteiger partial charge in [-0.2, -0.15) is 0 Å². The summed E-state index contributed by atoms with van der Waals surface area (Å²) in [4.78, 5) is 16.6. The van der Waals surface area contributed by atoms with Crippen molar-refractivity contribution >= 4 is 23.5 Å². The average molecular weight is 480 g/mol. The van der Waals surface area contributed by atoms with Gasteiger partial charge in [-0.25, -0.2) is 0 Å². The summed E-state index contributed by atoms with van der Waals surface area (Å²) >= 11 is 1.62. The summed E-state index contributed by atoms with van der Waals surface area (Å²) < 4.78 is 13.8. The van der Waals surface area contributed by atoms with Crippen LogP contribution in [0.4, 0.5) is 0 Å². The number of nitrogens with zero attached hydrogens (tertiary/aromatic N) is 2. The number of nitrogens with one attached hydrogen (secondary N) is 1. The standard InChI is InChI=1S/C27H33N3O3S/c1-16(2)33-21-14-18-17(13-20(21)32-7)10-11-30-24(18)23(22-9-8-12-34-22)19(15-28)25(30)26(31)29(6)27(3,4)5/h8-9,12-16,28H,10-11H2,1-7H3. The van der Waals surface area contributed by atoms with Crippen LogP contribution in [0.1, 0.15) is 56.2 Å². The van der Waals surface area contributed by atoms with Crippen molar-refractivity contribution in [2.24, 2.45) is 0 Å². The molecule has 0 saturated carbocycles. The van der Waals surface area contributed by atoms with Gasteiger partial charge in [0, 0.05) is 46.9 Å². The van der Waals surface area contributed by atoms with Gasteiger partial charge in [-0.15, -0.1) is 11.3 Å². The summed E-state index contributed by atoms with van der Waals surface area (Å²) in [6, 6.07) is 8.14. The Morgan fingerprint density at radius 3 is 2.56 bits per heavy atom. The largest absolute Gasteiger partial charge is 0.493 e. The summed E-state index contributed by atoms with van der Waals surface area (Å²) in [5.41, 5.74) is 4.94. The molecule has 3 heterocycles. The number of aryl methyl sites for hydroxylation is 1. The first-order valence-electron chi connectivity index (χ1n) is 11.5. The van der Waals surface area contributed by atoms with E-state index < -0.39 is 0 Å². The van der Waals surface area contributed by atoms with Gasteiger partial charge in [-0.3, -0.25) is 4.79 Å². The fourth-order valence-electron chi connectivity index (χ4n) is 4.41. The lowest BCUT2D eigenvalue weighted by Crippen LogP contribution is -2.43. The fraction of sp³-hybridized carbons (Fsp3) is 0.407. The van der Waals surface area contributed by atoms with Crippen LogP contribution >= 0.6 is 11.3 Å². The predicted octanol–water partition coefficient (Wildman–Crippen LogP) is 6.10. The highest BCUT2D eigenvalue weighted by molar-refractivity contribution is 7.13. The summed E-state index contributed by atoms with van der Waals surface area (Å²) in [5, 5.41) is 10.4. The monoisotopic (exact) mass is 479 g/mol. The summed E-state index contributed by atoms with van der Waals surface area (Å²) in [7, 11) is 3.49. The molecule has 4 rings (SSSR count). The zero-order valence-corrected chi connectivity index (χ0v) is 21.8. The number of hydrogen-bond acceptors (Lipinski definition) is 5. The van der Waals surface area contributed by atoms with Crippen molar-refractivity contribution in [2.75, 3.05) is 14.2 Å². The molecule has 0 aliphatic carbocycles. The van der Waals surface area contributed by atoms with Crippen molar-refractivity contribution in [2.45, 2.75) is 59.2 Å². The lowest BCUT2D eigenvalue weighted by molar-refractivity contribution is 0.0644. The molecule has 2 aromatic heterocycles. The van der Waals surface area contributed by atoms with E-state index in [1.807, 2.05) is 59.2 Å². The van der Waals surface area contributed by atoms with E-state index in [0.29, 0.717) is 29.3 Å². The number of rotatable bonds is 6. The van der Waals surface area contributed by atoms with E-state index in [9.17, 15) is 4.79 Å². The molecule has 0 unspecified atom stereocenters. The average Bonchev–Trinajstić information content (AvgIpc) is 3.42. The zero-order chi connectivity index (χ0) is 24.8. The third-order valence-electron chi connectivity index (χ3n) is 6.34. The van der Waals surface area contributed by atoms with Crippen LogP contribution in [0.15, 0.2) is 29.6 Å². The van der Waals surface area contributed by atoms with Gasteiger partial charge in [0.05, 0.1) is 18.9 Å². The van der Waals surface area contributed by atoms with Crippen molar-refractivity contribution in [3.63, 3.8) is 0 Å². The number of amides is 1. The van der Waals surface area contributed by atoms with Gasteiger partial charge >= 0.3 is 0 Å². The predicted molar refractivity (Wildman–Crippen MR) is 139 cm³/mol. The molecule has 7 heteroatoms. The molecule has 34 heavy (non-hydrogen) atoms. The minimum Gasteiger partial charge on any atom is -0.493 e. The van der Waals surface area contributed by atoms with Crippen LogP contribution in [0.2, 0.25) is 0 Å². The van der Waals surface area contributed by atoms with E-state index in [0.717, 1.165) is 33.7 Å². The number of ether oxygens (including phenoxy) is 2. The number of carbonyl (C=O) groups excluding carboxylic acids is 1. The van der Waals surface area contributed by atoms with Gasteiger partial charge in [0.1, 0.15) is 5.69 Å². The van der Waals surface area contributed by atoms with Crippen molar-refractivity contribution in [1.82, 2.24) is 9.47 Å². The summed E-state index contributed by atoms with van der Waals surface area (Å²) in [5.74, 6) is 1.31. The Labute approximate surface area is 205 Å². The molecule has 0 bridgehead atoms. The maximum atomic E-state index is 13.8. The zero-order valence-electron chi connectivity index (χ0n) is 21.0. The maximum Gasteiger partial charge on any atom is 0.271 e. The van der Waals surface area contributed by atoms with Crippen molar-refractivity contribution in [3.05, 3.63) is 46.5 Å². The first-order valence-corrected chi connectivity index (χ1v) is 12.4. The molecule has 180 valence electrons. The van der Waals surface area contributed by atoms with Crippen LogP contribution in [-0.2, 0) is 13.0 Å². The molecule has 1 N–H and O–H groups in total. The Hall–Kier alpha value is -3.06. The Kier molecular flexibility index (Phi) is 6.34. The number of carbonyl (C=O) groups is 1. The van der Waals surface area contributed by atoms with Crippen LogP contribution in [0.5, 0.6) is 11.5 Å². The minimum absolute atomic E-state index is 0.00574. The van der Waals surface area contributed by atoms with Crippen LogP contribution < -0.4 is 9.47 Å². The normalized spacial score (nSPS) is 12.8. The molecule has 6 nitrogen and oxygen atoms in total. The second-order valence-electron chi connectivity index (χ2n) is 9.87. The topological polar surface area (TPSA) is 67.6 Å². The molecule has 1 amide bonds. The second-order valence-corrected chi connectivity index (χ2v) is 10.8. The van der Waals surface area contributed by atoms with Gasteiger partial charge in [0.2, 0.25) is 0 Å². The van der Waals surface area contributed by atoms with Crippen LogP contribution in [-0.4, -0.2) is 47.4 Å². The van der Waals surface area contributed by atoms with Gasteiger partial charge in [-0.05, 0) is 70.2 Å². The van der Waals surface area contributed by atoms with Crippen LogP contribution in [0, 0.1) is 5.41 Å².